The number of nitrogens with zero attached hydrogens (tertiary/aromatic N) is 1. The van der Waals surface area contributed by atoms with Crippen molar-refractivity contribution in [3.8, 4) is 0 Å². The summed E-state index contributed by atoms with van der Waals surface area (Å²) < 4.78 is 28.3. The Morgan fingerprint density at radius 3 is 2.14 bits per heavy atom. The van der Waals surface area contributed by atoms with E-state index in [-0.39, 0.29) is 25.4 Å². The fraction of sp³-hybridized carbons (Fsp3) is 0.250. The van der Waals surface area contributed by atoms with Gasteiger partial charge in [0.1, 0.15) is 17.3 Å². The van der Waals surface area contributed by atoms with Crippen LogP contribution in [0.5, 0.6) is 0 Å². The molecule has 0 spiro atoms. The molecule has 0 aromatic heterocycles. The number of aliphatic hydroxyl groups is 1. The highest BCUT2D eigenvalue weighted by atomic mass is 19.1. The van der Waals surface area contributed by atoms with Crippen molar-refractivity contribution in [2.24, 2.45) is 5.73 Å². The standard InChI is InChI=1S/C16H18F2N2O/c17-14-8-13(10-19)9-15(18)16(14)20(6-7-21)11-12-4-2-1-3-5-12/h1-5,8-9,21H,6-7,10-11,19H2. The van der Waals surface area contributed by atoms with E-state index in [4.69, 9.17) is 10.8 Å². The Morgan fingerprint density at radius 1 is 1.00 bits per heavy atom. The van der Waals surface area contributed by atoms with Crippen LogP contribution in [0.15, 0.2) is 42.5 Å². The van der Waals surface area contributed by atoms with E-state index in [1.165, 1.54) is 17.0 Å². The first-order valence-corrected chi connectivity index (χ1v) is 6.73. The van der Waals surface area contributed by atoms with Gasteiger partial charge in [-0.25, -0.2) is 8.78 Å². The van der Waals surface area contributed by atoms with Crippen molar-refractivity contribution < 1.29 is 13.9 Å². The molecule has 0 fully saturated rings. The second kappa shape index (κ2) is 7.15. The van der Waals surface area contributed by atoms with Crippen LogP contribution in [0.4, 0.5) is 14.5 Å². The number of hydrogen-bond donors (Lipinski definition) is 2. The van der Waals surface area contributed by atoms with Gasteiger partial charge in [0.25, 0.3) is 0 Å². The predicted octanol–water partition coefficient (Wildman–Crippen LogP) is 2.42. The Hall–Kier alpha value is -1.98. The molecule has 2 rings (SSSR count). The minimum absolute atomic E-state index is 0.0762. The Morgan fingerprint density at radius 2 is 1.62 bits per heavy atom. The molecule has 3 N–H and O–H groups in total. The van der Waals surface area contributed by atoms with Crippen LogP contribution in [0.2, 0.25) is 0 Å². The van der Waals surface area contributed by atoms with Crippen LogP contribution < -0.4 is 10.6 Å². The van der Waals surface area contributed by atoms with Crippen molar-refractivity contribution in [1.82, 2.24) is 0 Å². The van der Waals surface area contributed by atoms with Gasteiger partial charge in [0.2, 0.25) is 0 Å². The minimum atomic E-state index is -0.667. The molecule has 0 amide bonds. The van der Waals surface area contributed by atoms with E-state index < -0.39 is 11.6 Å². The fourth-order valence-electron chi connectivity index (χ4n) is 2.23. The number of rotatable bonds is 6. The number of benzene rings is 2. The molecule has 0 saturated carbocycles. The summed E-state index contributed by atoms with van der Waals surface area (Å²) in [5.74, 6) is -1.33. The first-order valence-electron chi connectivity index (χ1n) is 6.73. The van der Waals surface area contributed by atoms with Crippen molar-refractivity contribution in [3.05, 3.63) is 65.2 Å². The summed E-state index contributed by atoms with van der Waals surface area (Å²) in [5.41, 5.74) is 6.59. The van der Waals surface area contributed by atoms with Gasteiger partial charge in [0.05, 0.1) is 6.61 Å². The molecule has 0 unspecified atom stereocenters. The second-order valence-corrected chi connectivity index (χ2v) is 4.74. The van der Waals surface area contributed by atoms with Gasteiger partial charge in [-0.1, -0.05) is 30.3 Å². The van der Waals surface area contributed by atoms with E-state index >= 15 is 0 Å². The molecule has 0 aliphatic heterocycles. The number of nitrogens with two attached hydrogens (primary N) is 1. The van der Waals surface area contributed by atoms with Crippen LogP contribution in [0.3, 0.4) is 0 Å². The summed E-state index contributed by atoms with van der Waals surface area (Å²) in [6.07, 6.45) is 0. The lowest BCUT2D eigenvalue weighted by molar-refractivity contribution is 0.300. The molecule has 3 nitrogen and oxygen atoms in total. The molecule has 0 atom stereocenters. The van der Waals surface area contributed by atoms with Gasteiger partial charge in [-0.15, -0.1) is 0 Å². The monoisotopic (exact) mass is 292 g/mol. The molecule has 5 heteroatoms. The van der Waals surface area contributed by atoms with Crippen LogP contribution in [-0.2, 0) is 13.1 Å². The zero-order chi connectivity index (χ0) is 15.2. The van der Waals surface area contributed by atoms with Crippen molar-refractivity contribution in [1.29, 1.82) is 0 Å². The molecule has 0 saturated heterocycles. The summed E-state index contributed by atoms with van der Waals surface area (Å²) in [6.45, 7) is 0.346. The summed E-state index contributed by atoms with van der Waals surface area (Å²) in [5, 5.41) is 9.15. The molecular formula is C16H18F2N2O. The third kappa shape index (κ3) is 3.77. The minimum Gasteiger partial charge on any atom is -0.395 e. The third-order valence-electron chi connectivity index (χ3n) is 3.21. The zero-order valence-corrected chi connectivity index (χ0v) is 11.6. The lowest BCUT2D eigenvalue weighted by atomic mass is 10.1. The van der Waals surface area contributed by atoms with E-state index in [0.29, 0.717) is 12.1 Å². The Balaban J connectivity index is 2.34. The van der Waals surface area contributed by atoms with Gasteiger partial charge in [-0.05, 0) is 23.3 Å². The van der Waals surface area contributed by atoms with Crippen molar-refractivity contribution in [2.45, 2.75) is 13.1 Å². The average Bonchev–Trinajstić information content (AvgIpc) is 2.47. The summed E-state index contributed by atoms with van der Waals surface area (Å²) in [6, 6.07) is 11.8. The van der Waals surface area contributed by atoms with E-state index in [1.54, 1.807) is 0 Å². The second-order valence-electron chi connectivity index (χ2n) is 4.74. The van der Waals surface area contributed by atoms with E-state index in [2.05, 4.69) is 0 Å². The summed E-state index contributed by atoms with van der Waals surface area (Å²) in [4.78, 5) is 1.49. The normalized spacial score (nSPS) is 10.7. The Kier molecular flexibility index (Phi) is 5.25. The highest BCUT2D eigenvalue weighted by Gasteiger charge is 2.18. The highest BCUT2D eigenvalue weighted by molar-refractivity contribution is 5.51. The Labute approximate surface area is 122 Å². The maximum absolute atomic E-state index is 14.2. The van der Waals surface area contributed by atoms with Crippen molar-refractivity contribution in [2.75, 3.05) is 18.1 Å². The van der Waals surface area contributed by atoms with E-state index in [9.17, 15) is 8.78 Å². The summed E-state index contributed by atoms with van der Waals surface area (Å²) >= 11 is 0. The molecule has 0 aliphatic rings. The number of hydrogen-bond acceptors (Lipinski definition) is 3. The molecule has 0 aliphatic carbocycles. The molecule has 2 aromatic rings. The topological polar surface area (TPSA) is 49.5 Å². The van der Waals surface area contributed by atoms with Gasteiger partial charge in [-0.3, -0.25) is 0 Å². The van der Waals surface area contributed by atoms with Gasteiger partial charge in [-0.2, -0.15) is 0 Å². The van der Waals surface area contributed by atoms with Crippen LogP contribution >= 0.6 is 0 Å². The molecule has 0 radical (unpaired) electrons. The Bertz CT molecular complexity index is 567. The summed E-state index contributed by atoms with van der Waals surface area (Å²) in [7, 11) is 0. The van der Waals surface area contributed by atoms with Gasteiger partial charge < -0.3 is 15.7 Å². The smallest absolute Gasteiger partial charge is 0.149 e. The molecular weight excluding hydrogens is 274 g/mol. The molecule has 112 valence electrons. The van der Waals surface area contributed by atoms with Crippen LogP contribution in [0.1, 0.15) is 11.1 Å². The average molecular weight is 292 g/mol. The van der Waals surface area contributed by atoms with Crippen LogP contribution in [-0.4, -0.2) is 18.3 Å². The zero-order valence-electron chi connectivity index (χ0n) is 11.6. The third-order valence-corrected chi connectivity index (χ3v) is 3.21. The van der Waals surface area contributed by atoms with Gasteiger partial charge >= 0.3 is 0 Å². The van der Waals surface area contributed by atoms with Gasteiger partial charge in [0.15, 0.2) is 0 Å². The first kappa shape index (κ1) is 15.4. The lowest BCUT2D eigenvalue weighted by Crippen LogP contribution is -2.28. The van der Waals surface area contributed by atoms with E-state index in [0.717, 1.165) is 5.56 Å². The maximum Gasteiger partial charge on any atom is 0.149 e. The van der Waals surface area contributed by atoms with E-state index in [1.807, 2.05) is 30.3 Å². The van der Waals surface area contributed by atoms with Gasteiger partial charge in [0, 0.05) is 19.6 Å². The first-order chi connectivity index (χ1) is 10.2. The number of aliphatic hydroxyl groups excluding tert-OH is 1. The molecule has 0 bridgehead atoms. The maximum atomic E-state index is 14.2. The molecule has 21 heavy (non-hydrogen) atoms. The lowest BCUT2D eigenvalue weighted by Gasteiger charge is -2.25. The fourth-order valence-corrected chi connectivity index (χ4v) is 2.23. The number of anilines is 1. The largest absolute Gasteiger partial charge is 0.395 e. The molecule has 2 aromatic carbocycles. The van der Waals surface area contributed by atoms with Crippen molar-refractivity contribution in [3.63, 3.8) is 0 Å². The van der Waals surface area contributed by atoms with Crippen LogP contribution in [0.25, 0.3) is 0 Å². The van der Waals surface area contributed by atoms with Crippen molar-refractivity contribution >= 4 is 5.69 Å². The SMILES string of the molecule is NCc1cc(F)c(N(CCO)Cc2ccccc2)c(F)c1. The number of halogens is 2. The predicted molar refractivity (Wildman–Crippen MR) is 78.8 cm³/mol. The van der Waals surface area contributed by atoms with Crippen LogP contribution in [0, 0.1) is 11.6 Å². The molecule has 0 heterocycles. The highest BCUT2D eigenvalue weighted by Crippen LogP contribution is 2.26. The quantitative estimate of drug-likeness (QED) is 0.859.